The van der Waals surface area contributed by atoms with Crippen LogP contribution in [0.2, 0.25) is 0 Å². The van der Waals surface area contributed by atoms with E-state index in [4.69, 9.17) is 5.11 Å². The highest BCUT2D eigenvalue weighted by atomic mass is 79.9. The predicted octanol–water partition coefficient (Wildman–Crippen LogP) is 2.45. The minimum atomic E-state index is -4.74. The molecule has 0 bridgehead atoms. The number of nitrogens with zero attached hydrogens (tertiary/aromatic N) is 1. The molecule has 0 aliphatic heterocycles. The van der Waals surface area contributed by atoms with Crippen LogP contribution in [-0.2, 0) is 0 Å². The van der Waals surface area contributed by atoms with Crippen LogP contribution in [-0.4, -0.2) is 23.4 Å². The SMILES string of the molecule is COc1ncc(Br)cc1C(O)C(F)(F)F. The van der Waals surface area contributed by atoms with Gasteiger partial charge in [-0.3, -0.25) is 0 Å². The van der Waals surface area contributed by atoms with Crippen LogP contribution in [0.5, 0.6) is 5.88 Å². The monoisotopic (exact) mass is 285 g/mol. The van der Waals surface area contributed by atoms with E-state index in [2.05, 4.69) is 25.7 Å². The number of methoxy groups -OCH3 is 1. The molecule has 3 nitrogen and oxygen atoms in total. The van der Waals surface area contributed by atoms with Gasteiger partial charge in [-0.05, 0) is 22.0 Å². The lowest BCUT2D eigenvalue weighted by molar-refractivity contribution is -0.207. The van der Waals surface area contributed by atoms with Crippen LogP contribution in [0.3, 0.4) is 0 Å². The van der Waals surface area contributed by atoms with Crippen molar-refractivity contribution >= 4 is 15.9 Å². The number of rotatable bonds is 2. The first-order valence-electron chi connectivity index (χ1n) is 3.80. The molecular weight excluding hydrogens is 279 g/mol. The molecule has 7 heteroatoms. The Balaban J connectivity index is 3.17. The summed E-state index contributed by atoms with van der Waals surface area (Å²) in [5, 5.41) is 9.03. The maximum atomic E-state index is 12.2. The molecule has 0 aliphatic carbocycles. The van der Waals surface area contributed by atoms with Gasteiger partial charge in [-0.2, -0.15) is 13.2 Å². The Morgan fingerprint density at radius 1 is 1.53 bits per heavy atom. The molecule has 84 valence electrons. The number of hydrogen-bond donors (Lipinski definition) is 1. The van der Waals surface area contributed by atoms with Gasteiger partial charge in [0.25, 0.3) is 0 Å². The van der Waals surface area contributed by atoms with Crippen molar-refractivity contribution in [1.29, 1.82) is 0 Å². The zero-order valence-electron chi connectivity index (χ0n) is 7.55. The fraction of sp³-hybridized carbons (Fsp3) is 0.375. The molecule has 0 aromatic carbocycles. The number of pyridine rings is 1. The Hall–Kier alpha value is -0.820. The zero-order chi connectivity index (χ0) is 11.6. The number of aliphatic hydroxyl groups is 1. The summed E-state index contributed by atoms with van der Waals surface area (Å²) in [5.41, 5.74) is -0.417. The molecule has 1 heterocycles. The van der Waals surface area contributed by atoms with E-state index in [1.165, 1.54) is 13.3 Å². The van der Waals surface area contributed by atoms with E-state index in [-0.39, 0.29) is 5.88 Å². The van der Waals surface area contributed by atoms with Gasteiger partial charge in [0.1, 0.15) is 0 Å². The molecule has 1 aromatic heterocycles. The molecular formula is C8H7BrF3NO2. The molecule has 1 atom stereocenters. The lowest BCUT2D eigenvalue weighted by atomic mass is 10.1. The van der Waals surface area contributed by atoms with E-state index in [0.717, 1.165) is 6.07 Å². The van der Waals surface area contributed by atoms with Crippen LogP contribution < -0.4 is 4.74 Å². The summed E-state index contributed by atoms with van der Waals surface area (Å²) in [6, 6.07) is 1.12. The Labute approximate surface area is 92.0 Å². The van der Waals surface area contributed by atoms with Gasteiger partial charge in [-0.25, -0.2) is 4.98 Å². The predicted molar refractivity (Wildman–Crippen MR) is 49.5 cm³/mol. The smallest absolute Gasteiger partial charge is 0.418 e. The van der Waals surface area contributed by atoms with Crippen LogP contribution in [0.1, 0.15) is 11.7 Å². The van der Waals surface area contributed by atoms with Crippen molar-refractivity contribution in [3.63, 3.8) is 0 Å². The average Bonchev–Trinajstić information content (AvgIpc) is 2.15. The molecule has 0 saturated heterocycles. The first-order valence-corrected chi connectivity index (χ1v) is 4.59. The Kier molecular flexibility index (Phi) is 3.56. The fourth-order valence-corrected chi connectivity index (χ4v) is 1.33. The lowest BCUT2D eigenvalue weighted by Gasteiger charge is -2.16. The van der Waals surface area contributed by atoms with Crippen molar-refractivity contribution in [3.8, 4) is 5.88 Å². The Morgan fingerprint density at radius 3 is 2.60 bits per heavy atom. The first-order chi connectivity index (χ1) is 6.86. The number of aromatic nitrogens is 1. The molecule has 1 unspecified atom stereocenters. The molecule has 0 fully saturated rings. The van der Waals surface area contributed by atoms with Crippen molar-refractivity contribution in [2.24, 2.45) is 0 Å². The lowest BCUT2D eigenvalue weighted by Crippen LogP contribution is -2.21. The van der Waals surface area contributed by atoms with Gasteiger partial charge in [0.2, 0.25) is 5.88 Å². The molecule has 0 spiro atoms. The summed E-state index contributed by atoms with van der Waals surface area (Å²) in [7, 11) is 1.18. The minimum absolute atomic E-state index is 0.247. The number of hydrogen-bond acceptors (Lipinski definition) is 3. The van der Waals surface area contributed by atoms with Crippen molar-refractivity contribution in [2.45, 2.75) is 12.3 Å². The summed E-state index contributed by atoms with van der Waals surface area (Å²) in [4.78, 5) is 3.60. The number of alkyl halides is 3. The van der Waals surface area contributed by atoms with Crippen molar-refractivity contribution in [2.75, 3.05) is 7.11 Å². The molecule has 0 radical (unpaired) electrons. The molecule has 15 heavy (non-hydrogen) atoms. The van der Waals surface area contributed by atoms with Gasteiger partial charge in [0.05, 0.1) is 12.7 Å². The first kappa shape index (κ1) is 12.3. The molecule has 0 saturated carbocycles. The zero-order valence-corrected chi connectivity index (χ0v) is 9.13. The standard InChI is InChI=1S/C8H7BrF3NO2/c1-15-7-5(2-4(9)3-13-7)6(14)8(10,11)12/h2-3,6,14H,1H3. The maximum Gasteiger partial charge on any atom is 0.418 e. The van der Waals surface area contributed by atoms with Crippen LogP contribution in [0.25, 0.3) is 0 Å². The third kappa shape index (κ3) is 2.82. The average molecular weight is 286 g/mol. The van der Waals surface area contributed by atoms with Gasteiger partial charge in [-0.15, -0.1) is 0 Å². The second-order valence-corrected chi connectivity index (χ2v) is 3.61. The van der Waals surface area contributed by atoms with Crippen molar-refractivity contribution in [1.82, 2.24) is 4.98 Å². The third-order valence-electron chi connectivity index (χ3n) is 1.64. The molecule has 1 aromatic rings. The van der Waals surface area contributed by atoms with Gasteiger partial charge < -0.3 is 9.84 Å². The Bertz CT molecular complexity index is 356. The van der Waals surface area contributed by atoms with E-state index >= 15 is 0 Å². The van der Waals surface area contributed by atoms with Gasteiger partial charge in [-0.1, -0.05) is 0 Å². The summed E-state index contributed by atoms with van der Waals surface area (Å²) >= 11 is 2.96. The minimum Gasteiger partial charge on any atom is -0.481 e. The molecule has 0 amide bonds. The highest BCUT2D eigenvalue weighted by Gasteiger charge is 2.41. The summed E-state index contributed by atoms with van der Waals surface area (Å²) in [5.74, 6) is -0.247. The molecule has 0 aliphatic rings. The quantitative estimate of drug-likeness (QED) is 0.908. The number of halogens is 4. The van der Waals surface area contributed by atoms with E-state index in [1.807, 2.05) is 0 Å². The van der Waals surface area contributed by atoms with E-state index in [1.54, 1.807) is 0 Å². The van der Waals surface area contributed by atoms with Crippen LogP contribution >= 0.6 is 15.9 Å². The largest absolute Gasteiger partial charge is 0.481 e. The summed E-state index contributed by atoms with van der Waals surface area (Å²) in [6.07, 6.45) is -6.06. The second kappa shape index (κ2) is 4.36. The van der Waals surface area contributed by atoms with Crippen LogP contribution in [0.4, 0.5) is 13.2 Å². The van der Waals surface area contributed by atoms with Gasteiger partial charge >= 0.3 is 6.18 Å². The number of aliphatic hydroxyl groups excluding tert-OH is 1. The molecule has 1 rings (SSSR count). The Morgan fingerprint density at radius 2 is 2.13 bits per heavy atom. The number of ether oxygens (including phenoxy) is 1. The van der Waals surface area contributed by atoms with Crippen molar-refractivity contribution < 1.29 is 23.0 Å². The molecule has 1 N–H and O–H groups in total. The van der Waals surface area contributed by atoms with Crippen LogP contribution in [0.15, 0.2) is 16.7 Å². The topological polar surface area (TPSA) is 42.4 Å². The summed E-state index contributed by atoms with van der Waals surface area (Å²) in [6.45, 7) is 0. The van der Waals surface area contributed by atoms with E-state index in [9.17, 15) is 13.2 Å². The normalized spacial score (nSPS) is 13.7. The maximum absolute atomic E-state index is 12.2. The third-order valence-corrected chi connectivity index (χ3v) is 2.08. The highest BCUT2D eigenvalue weighted by Crippen LogP contribution is 2.37. The van der Waals surface area contributed by atoms with E-state index < -0.39 is 17.8 Å². The van der Waals surface area contributed by atoms with Crippen molar-refractivity contribution in [3.05, 3.63) is 22.3 Å². The fourth-order valence-electron chi connectivity index (χ4n) is 0.985. The highest BCUT2D eigenvalue weighted by molar-refractivity contribution is 9.10. The van der Waals surface area contributed by atoms with E-state index in [0.29, 0.717) is 4.47 Å². The van der Waals surface area contributed by atoms with Gasteiger partial charge in [0.15, 0.2) is 6.10 Å². The van der Waals surface area contributed by atoms with Crippen LogP contribution in [0, 0.1) is 0 Å². The second-order valence-electron chi connectivity index (χ2n) is 2.70. The summed E-state index contributed by atoms with van der Waals surface area (Å²) < 4.78 is 41.7. The van der Waals surface area contributed by atoms with Gasteiger partial charge in [0, 0.05) is 10.7 Å².